The molecule has 0 aromatic carbocycles. The molecule has 4 nitrogen and oxygen atoms in total. The molecule has 0 aliphatic carbocycles. The Balaban J connectivity index is 0.000000131. The second-order valence-electron chi connectivity index (χ2n) is 5.00. The molecule has 4 aromatic heterocycles. The monoisotopic (exact) mass is 288 g/mol. The van der Waals surface area contributed by atoms with Gasteiger partial charge in [0.15, 0.2) is 5.65 Å². The summed E-state index contributed by atoms with van der Waals surface area (Å²) in [5, 5.41) is 1.10. The van der Waals surface area contributed by atoms with E-state index >= 15 is 0 Å². The fourth-order valence-electron chi connectivity index (χ4n) is 2.11. The van der Waals surface area contributed by atoms with Gasteiger partial charge in [-0.3, -0.25) is 9.97 Å². The van der Waals surface area contributed by atoms with Gasteiger partial charge in [0, 0.05) is 29.2 Å². The molecule has 0 radical (unpaired) electrons. The smallest absolute Gasteiger partial charge is 0.159 e. The van der Waals surface area contributed by atoms with E-state index in [9.17, 15) is 0 Å². The van der Waals surface area contributed by atoms with Crippen LogP contribution in [0.3, 0.4) is 0 Å². The molecule has 0 atom stereocenters. The molecular weight excluding hydrogens is 272 g/mol. The van der Waals surface area contributed by atoms with E-state index in [1.54, 1.807) is 12.4 Å². The minimum absolute atomic E-state index is 0.826. The van der Waals surface area contributed by atoms with Gasteiger partial charge < -0.3 is 0 Å². The fourth-order valence-corrected chi connectivity index (χ4v) is 2.11. The van der Waals surface area contributed by atoms with Crippen molar-refractivity contribution in [2.45, 2.75) is 13.8 Å². The molecule has 0 spiro atoms. The highest BCUT2D eigenvalue weighted by molar-refractivity contribution is 5.74. The largest absolute Gasteiger partial charge is 0.255 e. The first kappa shape index (κ1) is 14.1. The molecule has 0 saturated heterocycles. The van der Waals surface area contributed by atoms with Crippen LogP contribution in [0.2, 0.25) is 0 Å². The summed E-state index contributed by atoms with van der Waals surface area (Å²) in [6.07, 6.45) is 3.54. The van der Waals surface area contributed by atoms with Gasteiger partial charge in [0.25, 0.3) is 0 Å². The third kappa shape index (κ3) is 3.23. The summed E-state index contributed by atoms with van der Waals surface area (Å²) in [5.41, 5.74) is 4.79. The van der Waals surface area contributed by atoms with Gasteiger partial charge in [-0.15, -0.1) is 0 Å². The Morgan fingerprint density at radius 2 is 1.36 bits per heavy atom. The molecule has 0 aliphatic heterocycles. The number of hydrogen-bond donors (Lipinski definition) is 0. The lowest BCUT2D eigenvalue weighted by Gasteiger charge is -1.95. The lowest BCUT2D eigenvalue weighted by atomic mass is 10.3. The van der Waals surface area contributed by atoms with Crippen molar-refractivity contribution in [2.24, 2.45) is 0 Å². The third-order valence-corrected chi connectivity index (χ3v) is 3.20. The van der Waals surface area contributed by atoms with Crippen LogP contribution in [0.15, 0.2) is 60.9 Å². The van der Waals surface area contributed by atoms with E-state index in [2.05, 4.69) is 19.9 Å². The van der Waals surface area contributed by atoms with Crippen molar-refractivity contribution in [3.8, 4) is 0 Å². The van der Waals surface area contributed by atoms with Gasteiger partial charge in [0.1, 0.15) is 0 Å². The number of nitrogens with zero attached hydrogens (tertiary/aromatic N) is 4. The Morgan fingerprint density at radius 3 is 2.27 bits per heavy atom. The van der Waals surface area contributed by atoms with Crippen molar-refractivity contribution < 1.29 is 0 Å². The van der Waals surface area contributed by atoms with Gasteiger partial charge in [-0.05, 0) is 62.4 Å². The minimum Gasteiger partial charge on any atom is -0.255 e. The Hall–Kier alpha value is -2.88. The molecule has 0 fully saturated rings. The number of rotatable bonds is 0. The van der Waals surface area contributed by atoms with Crippen molar-refractivity contribution in [1.29, 1.82) is 0 Å². The zero-order chi connectivity index (χ0) is 15.4. The fraction of sp³-hybridized carbons (Fsp3) is 0.111. The predicted molar refractivity (Wildman–Crippen MR) is 88.6 cm³/mol. The van der Waals surface area contributed by atoms with E-state index in [0.29, 0.717) is 0 Å². The van der Waals surface area contributed by atoms with Crippen LogP contribution in [0, 0.1) is 13.8 Å². The number of fused-ring (bicyclic) bond motifs is 2. The molecular formula is C18H16N4. The molecule has 0 N–H and O–H groups in total. The van der Waals surface area contributed by atoms with Crippen molar-refractivity contribution >= 4 is 22.1 Å². The predicted octanol–water partition coefficient (Wildman–Crippen LogP) is 3.88. The van der Waals surface area contributed by atoms with Gasteiger partial charge in [-0.2, -0.15) is 0 Å². The summed E-state index contributed by atoms with van der Waals surface area (Å²) in [4.78, 5) is 16.9. The normalized spacial score (nSPS) is 10.3. The van der Waals surface area contributed by atoms with E-state index in [4.69, 9.17) is 0 Å². The zero-order valence-electron chi connectivity index (χ0n) is 12.6. The van der Waals surface area contributed by atoms with Crippen LogP contribution in [0.25, 0.3) is 22.1 Å². The summed E-state index contributed by atoms with van der Waals surface area (Å²) in [6.45, 7) is 3.94. The average Bonchev–Trinajstić information content (AvgIpc) is 2.55. The number of pyridine rings is 4. The molecule has 0 amide bonds. The van der Waals surface area contributed by atoms with Crippen LogP contribution in [0.4, 0.5) is 0 Å². The first-order valence-corrected chi connectivity index (χ1v) is 7.09. The maximum absolute atomic E-state index is 4.31. The molecule has 0 aliphatic rings. The molecule has 22 heavy (non-hydrogen) atoms. The van der Waals surface area contributed by atoms with E-state index in [1.165, 1.54) is 0 Å². The van der Waals surface area contributed by atoms with E-state index in [1.807, 2.05) is 62.4 Å². The first-order chi connectivity index (χ1) is 10.7. The van der Waals surface area contributed by atoms with E-state index in [-0.39, 0.29) is 0 Å². The molecule has 0 unspecified atom stereocenters. The highest BCUT2D eigenvalue weighted by Gasteiger charge is 1.93. The Labute approximate surface area is 128 Å². The van der Waals surface area contributed by atoms with Crippen LogP contribution in [-0.2, 0) is 0 Å². The first-order valence-electron chi connectivity index (χ1n) is 7.09. The summed E-state index contributed by atoms with van der Waals surface area (Å²) in [7, 11) is 0. The maximum atomic E-state index is 4.31. The quantitative estimate of drug-likeness (QED) is 0.493. The standard InChI is InChI=1S/2C9H8N2/c1-7-4-5-8-9(11-7)3-2-6-10-8;1-7-4-5-8-3-2-6-10-9(8)11-7/h2*2-6H,1H3. The van der Waals surface area contributed by atoms with Crippen molar-refractivity contribution in [3.63, 3.8) is 0 Å². The van der Waals surface area contributed by atoms with Gasteiger partial charge in [-0.25, -0.2) is 9.97 Å². The van der Waals surface area contributed by atoms with Crippen molar-refractivity contribution in [1.82, 2.24) is 19.9 Å². The molecule has 4 aromatic rings. The van der Waals surface area contributed by atoms with Crippen LogP contribution >= 0.6 is 0 Å². The summed E-state index contributed by atoms with van der Waals surface area (Å²) in [6, 6.07) is 15.8. The van der Waals surface area contributed by atoms with E-state index < -0.39 is 0 Å². The van der Waals surface area contributed by atoms with Gasteiger partial charge in [0.2, 0.25) is 0 Å². The lowest BCUT2D eigenvalue weighted by molar-refractivity contribution is 1.20. The topological polar surface area (TPSA) is 51.6 Å². The molecule has 0 bridgehead atoms. The molecule has 4 heteroatoms. The van der Waals surface area contributed by atoms with Crippen LogP contribution < -0.4 is 0 Å². The van der Waals surface area contributed by atoms with Crippen molar-refractivity contribution in [3.05, 3.63) is 72.3 Å². The molecule has 4 heterocycles. The zero-order valence-corrected chi connectivity index (χ0v) is 12.6. The number of hydrogen-bond acceptors (Lipinski definition) is 4. The number of aryl methyl sites for hydroxylation is 2. The van der Waals surface area contributed by atoms with E-state index in [0.717, 1.165) is 33.5 Å². The maximum Gasteiger partial charge on any atom is 0.159 e. The van der Waals surface area contributed by atoms with Crippen LogP contribution in [-0.4, -0.2) is 19.9 Å². The number of aromatic nitrogens is 4. The van der Waals surface area contributed by atoms with Gasteiger partial charge in [-0.1, -0.05) is 0 Å². The third-order valence-electron chi connectivity index (χ3n) is 3.20. The second-order valence-corrected chi connectivity index (χ2v) is 5.00. The van der Waals surface area contributed by atoms with Crippen LogP contribution in [0.5, 0.6) is 0 Å². The Bertz CT molecular complexity index is 841. The summed E-state index contributed by atoms with van der Waals surface area (Å²) >= 11 is 0. The second kappa shape index (κ2) is 6.26. The van der Waals surface area contributed by atoms with Gasteiger partial charge >= 0.3 is 0 Å². The summed E-state index contributed by atoms with van der Waals surface area (Å²) < 4.78 is 0. The Morgan fingerprint density at radius 1 is 0.636 bits per heavy atom. The van der Waals surface area contributed by atoms with Crippen LogP contribution in [0.1, 0.15) is 11.4 Å². The van der Waals surface area contributed by atoms with Gasteiger partial charge in [0.05, 0.1) is 11.0 Å². The highest BCUT2D eigenvalue weighted by atomic mass is 14.8. The highest BCUT2D eigenvalue weighted by Crippen LogP contribution is 2.08. The molecule has 4 rings (SSSR count). The summed E-state index contributed by atoms with van der Waals surface area (Å²) in [5.74, 6) is 0. The molecule has 108 valence electrons. The lowest BCUT2D eigenvalue weighted by Crippen LogP contribution is -1.84. The molecule has 0 saturated carbocycles. The SMILES string of the molecule is Cc1ccc2cccnc2n1.Cc1ccc2ncccc2n1. The Kier molecular flexibility index (Phi) is 4.01. The minimum atomic E-state index is 0.826. The average molecular weight is 288 g/mol. The van der Waals surface area contributed by atoms with Crippen molar-refractivity contribution in [2.75, 3.05) is 0 Å².